The Labute approximate surface area is 115 Å². The van der Waals surface area contributed by atoms with Crippen LogP contribution in [0.2, 0.25) is 0 Å². The molecule has 4 N–H and O–H groups in total. The van der Waals surface area contributed by atoms with Gasteiger partial charge in [0, 0.05) is 12.0 Å². The lowest BCUT2D eigenvalue weighted by Crippen LogP contribution is -2.43. The number of oxime groups is 1. The van der Waals surface area contributed by atoms with E-state index < -0.39 is 28.5 Å². The van der Waals surface area contributed by atoms with Gasteiger partial charge in [-0.05, 0) is 18.6 Å². The topological polar surface area (TPSA) is 87.7 Å². The van der Waals surface area contributed by atoms with E-state index in [0.29, 0.717) is 0 Å². The average Bonchev–Trinajstić information content (AvgIpc) is 2.40. The largest absolute Gasteiger partial charge is 0.409 e. The molecule has 7 heteroatoms. The van der Waals surface area contributed by atoms with E-state index in [-0.39, 0.29) is 17.9 Å². The second-order valence-corrected chi connectivity index (χ2v) is 5.11. The van der Waals surface area contributed by atoms with Crippen molar-refractivity contribution in [2.45, 2.75) is 20.8 Å². The van der Waals surface area contributed by atoms with Crippen molar-refractivity contribution in [3.8, 4) is 0 Å². The van der Waals surface area contributed by atoms with Crippen LogP contribution < -0.4 is 11.1 Å². The van der Waals surface area contributed by atoms with Gasteiger partial charge in [0.05, 0.1) is 0 Å². The van der Waals surface area contributed by atoms with Gasteiger partial charge in [0.15, 0.2) is 0 Å². The zero-order valence-corrected chi connectivity index (χ0v) is 11.5. The number of carbonyl (C=O) groups is 1. The molecule has 1 aromatic rings. The summed E-state index contributed by atoms with van der Waals surface area (Å²) in [6.07, 6.45) is 0. The Hall–Kier alpha value is -2.18. The third-order valence-corrected chi connectivity index (χ3v) is 3.00. The molecule has 0 aliphatic carbocycles. The Morgan fingerprint density at radius 1 is 1.45 bits per heavy atom. The van der Waals surface area contributed by atoms with Crippen molar-refractivity contribution in [1.29, 1.82) is 0 Å². The highest BCUT2D eigenvalue weighted by Gasteiger charge is 2.26. The van der Waals surface area contributed by atoms with Gasteiger partial charge in [-0.3, -0.25) is 4.79 Å². The van der Waals surface area contributed by atoms with Gasteiger partial charge in [0.1, 0.15) is 23.0 Å². The second-order valence-electron chi connectivity index (χ2n) is 5.11. The molecule has 5 nitrogen and oxygen atoms in total. The molecule has 0 heterocycles. The monoisotopic (exact) mass is 285 g/mol. The predicted molar refractivity (Wildman–Crippen MR) is 70.6 cm³/mol. The van der Waals surface area contributed by atoms with Crippen molar-refractivity contribution < 1.29 is 18.8 Å². The van der Waals surface area contributed by atoms with E-state index in [1.165, 1.54) is 13.0 Å². The van der Waals surface area contributed by atoms with Crippen LogP contribution in [0.3, 0.4) is 0 Å². The number of hydrogen-bond acceptors (Lipinski definition) is 3. The van der Waals surface area contributed by atoms with E-state index in [1.807, 2.05) is 0 Å². The normalized spacial score (nSPS) is 12.3. The minimum atomic E-state index is -0.938. The third-order valence-electron chi connectivity index (χ3n) is 3.00. The summed E-state index contributed by atoms with van der Waals surface area (Å²) in [4.78, 5) is 11.9. The number of amides is 1. The molecular formula is C13H17F2N3O2. The van der Waals surface area contributed by atoms with Gasteiger partial charge in [-0.1, -0.05) is 25.1 Å². The molecule has 0 aliphatic heterocycles. The quantitative estimate of drug-likeness (QED) is 0.341. The predicted octanol–water partition coefficient (Wildman–Crippen LogP) is 1.78. The van der Waals surface area contributed by atoms with Crippen molar-refractivity contribution >= 4 is 11.7 Å². The fraction of sp³-hybridized carbons (Fsp3) is 0.385. The van der Waals surface area contributed by atoms with E-state index in [4.69, 9.17) is 10.9 Å². The van der Waals surface area contributed by atoms with Gasteiger partial charge in [0.2, 0.25) is 0 Å². The Morgan fingerprint density at radius 3 is 2.60 bits per heavy atom. The van der Waals surface area contributed by atoms with Gasteiger partial charge in [-0.25, -0.2) is 8.78 Å². The first-order chi connectivity index (χ1) is 9.20. The minimum absolute atomic E-state index is 0.0332. The van der Waals surface area contributed by atoms with Gasteiger partial charge >= 0.3 is 0 Å². The summed E-state index contributed by atoms with van der Waals surface area (Å²) < 4.78 is 27.3. The van der Waals surface area contributed by atoms with Crippen molar-refractivity contribution in [2.24, 2.45) is 16.3 Å². The summed E-state index contributed by atoms with van der Waals surface area (Å²) in [5.74, 6) is -2.82. The number of nitrogens with zero attached hydrogens (tertiary/aromatic N) is 1. The van der Waals surface area contributed by atoms with Crippen molar-refractivity contribution in [3.05, 3.63) is 34.9 Å². The van der Waals surface area contributed by atoms with E-state index in [0.717, 1.165) is 6.07 Å². The van der Waals surface area contributed by atoms with Crippen LogP contribution in [0.15, 0.2) is 17.3 Å². The molecule has 0 aliphatic rings. The molecule has 0 radical (unpaired) electrons. The van der Waals surface area contributed by atoms with Gasteiger partial charge in [-0.15, -0.1) is 0 Å². The molecule has 0 bridgehead atoms. The lowest BCUT2D eigenvalue weighted by molar-refractivity contribution is 0.0935. The molecule has 0 atom stereocenters. The maximum absolute atomic E-state index is 13.8. The van der Waals surface area contributed by atoms with Crippen LogP contribution in [0.4, 0.5) is 8.78 Å². The van der Waals surface area contributed by atoms with Crippen LogP contribution in [0.25, 0.3) is 0 Å². The summed E-state index contributed by atoms with van der Waals surface area (Å²) in [6, 6.07) is 2.28. The average molecular weight is 285 g/mol. The van der Waals surface area contributed by atoms with Crippen LogP contribution in [0.1, 0.15) is 29.8 Å². The standard InChI is InChI=1S/C13H17F2N3O2/c1-7-4-5-8(14)9(10(7)15)11(19)17-6-13(2,3)12(16)18-20/h4-5,20H,6H2,1-3H3,(H2,16,18)(H,17,19). The number of hydrogen-bond donors (Lipinski definition) is 3. The number of nitrogens with two attached hydrogens (primary N) is 1. The molecule has 1 aromatic carbocycles. The molecule has 0 unspecified atom stereocenters. The molecular weight excluding hydrogens is 268 g/mol. The maximum Gasteiger partial charge on any atom is 0.257 e. The first-order valence-corrected chi connectivity index (χ1v) is 5.91. The van der Waals surface area contributed by atoms with E-state index in [9.17, 15) is 13.6 Å². The fourth-order valence-electron chi connectivity index (χ4n) is 1.48. The Morgan fingerprint density at radius 2 is 2.05 bits per heavy atom. The molecule has 1 amide bonds. The number of rotatable bonds is 4. The van der Waals surface area contributed by atoms with Crippen molar-refractivity contribution in [2.75, 3.05) is 6.54 Å². The molecule has 110 valence electrons. The second kappa shape index (κ2) is 5.85. The third kappa shape index (κ3) is 3.23. The van der Waals surface area contributed by atoms with E-state index in [1.54, 1.807) is 13.8 Å². The molecule has 0 spiro atoms. The Kier molecular flexibility index (Phi) is 4.65. The lowest BCUT2D eigenvalue weighted by Gasteiger charge is -2.23. The zero-order valence-electron chi connectivity index (χ0n) is 11.5. The SMILES string of the molecule is Cc1ccc(F)c(C(=O)NCC(C)(C)/C(N)=N/O)c1F. The zero-order chi connectivity index (χ0) is 15.5. The van der Waals surface area contributed by atoms with E-state index >= 15 is 0 Å². The van der Waals surface area contributed by atoms with Gasteiger partial charge in [0.25, 0.3) is 5.91 Å². The number of aryl methyl sites for hydroxylation is 1. The smallest absolute Gasteiger partial charge is 0.257 e. The Bertz CT molecular complexity index is 557. The van der Waals surface area contributed by atoms with Crippen LogP contribution in [-0.2, 0) is 0 Å². The number of nitrogens with one attached hydrogen (secondary N) is 1. The summed E-state index contributed by atoms with van der Waals surface area (Å²) in [6.45, 7) is 4.64. The summed E-state index contributed by atoms with van der Waals surface area (Å²) in [5, 5.41) is 13.8. The highest BCUT2D eigenvalue weighted by molar-refractivity contribution is 5.95. The lowest BCUT2D eigenvalue weighted by atomic mass is 9.92. The first-order valence-electron chi connectivity index (χ1n) is 5.91. The van der Waals surface area contributed by atoms with Crippen LogP contribution in [0.5, 0.6) is 0 Å². The van der Waals surface area contributed by atoms with E-state index in [2.05, 4.69) is 10.5 Å². The maximum atomic E-state index is 13.8. The molecule has 20 heavy (non-hydrogen) atoms. The number of carbonyl (C=O) groups excluding carboxylic acids is 1. The van der Waals surface area contributed by atoms with Crippen LogP contribution in [-0.4, -0.2) is 23.5 Å². The van der Waals surface area contributed by atoms with Gasteiger partial charge < -0.3 is 16.3 Å². The highest BCUT2D eigenvalue weighted by Crippen LogP contribution is 2.18. The number of amidine groups is 1. The van der Waals surface area contributed by atoms with Gasteiger partial charge in [-0.2, -0.15) is 0 Å². The molecule has 0 fully saturated rings. The molecule has 0 saturated heterocycles. The fourth-order valence-corrected chi connectivity index (χ4v) is 1.48. The van der Waals surface area contributed by atoms with Crippen molar-refractivity contribution in [1.82, 2.24) is 5.32 Å². The molecule has 0 saturated carbocycles. The Balaban J connectivity index is 2.92. The summed E-state index contributed by atoms with van der Waals surface area (Å²) in [7, 11) is 0. The summed E-state index contributed by atoms with van der Waals surface area (Å²) >= 11 is 0. The van der Waals surface area contributed by atoms with Crippen LogP contribution >= 0.6 is 0 Å². The summed E-state index contributed by atoms with van der Waals surface area (Å²) in [5.41, 5.74) is 4.15. The van der Waals surface area contributed by atoms with Crippen molar-refractivity contribution in [3.63, 3.8) is 0 Å². The first kappa shape index (κ1) is 15.9. The van der Waals surface area contributed by atoms with Crippen LogP contribution in [0, 0.1) is 24.0 Å². The molecule has 0 aromatic heterocycles. The number of halogens is 2. The number of benzene rings is 1. The highest BCUT2D eigenvalue weighted by atomic mass is 19.1. The molecule has 1 rings (SSSR count). The minimum Gasteiger partial charge on any atom is -0.409 e.